The monoisotopic (exact) mass is 281 g/mol. The van der Waals surface area contributed by atoms with Gasteiger partial charge in [0.15, 0.2) is 0 Å². The van der Waals surface area contributed by atoms with Crippen LogP contribution in [0.4, 0.5) is 11.5 Å². The first-order valence-electron chi connectivity index (χ1n) is 6.71. The van der Waals surface area contributed by atoms with Crippen molar-refractivity contribution in [3.05, 3.63) is 27.9 Å². The van der Waals surface area contributed by atoms with Gasteiger partial charge in [-0.05, 0) is 25.3 Å². The lowest BCUT2D eigenvalue weighted by Crippen LogP contribution is -2.18. The van der Waals surface area contributed by atoms with Crippen LogP contribution in [-0.2, 0) is 9.47 Å². The average Bonchev–Trinajstić information content (AvgIpc) is 2.93. The van der Waals surface area contributed by atoms with E-state index in [1.165, 1.54) is 12.3 Å². The average molecular weight is 281 g/mol. The van der Waals surface area contributed by atoms with Gasteiger partial charge in [0.25, 0.3) is 5.69 Å². The summed E-state index contributed by atoms with van der Waals surface area (Å²) in [5, 5.41) is 13.7. The Balaban J connectivity index is 1.69. The molecule has 1 atom stereocenters. The third-order valence-corrected chi connectivity index (χ3v) is 3.14. The Morgan fingerprint density at radius 1 is 1.65 bits per heavy atom. The summed E-state index contributed by atoms with van der Waals surface area (Å²) in [6, 6.07) is 1.50. The second-order valence-corrected chi connectivity index (χ2v) is 4.75. The van der Waals surface area contributed by atoms with Gasteiger partial charge in [-0.2, -0.15) is 0 Å². The normalized spacial score (nSPS) is 18.1. The molecular weight excluding hydrogens is 262 g/mol. The number of pyridine rings is 1. The number of aryl methyl sites for hydroxylation is 1. The zero-order valence-electron chi connectivity index (χ0n) is 11.5. The van der Waals surface area contributed by atoms with E-state index in [2.05, 4.69) is 10.3 Å². The number of rotatable bonds is 7. The highest BCUT2D eigenvalue weighted by Gasteiger charge is 2.15. The predicted molar refractivity (Wildman–Crippen MR) is 73.9 cm³/mol. The van der Waals surface area contributed by atoms with Crippen LogP contribution >= 0.6 is 0 Å². The SMILES string of the molecule is Cc1cc([N+](=O)[O-])cnc1NCCOCC1CCCO1. The van der Waals surface area contributed by atoms with E-state index in [0.29, 0.717) is 25.6 Å². The highest BCUT2D eigenvalue weighted by atomic mass is 16.6. The van der Waals surface area contributed by atoms with E-state index in [4.69, 9.17) is 9.47 Å². The molecule has 0 saturated carbocycles. The zero-order valence-corrected chi connectivity index (χ0v) is 11.5. The van der Waals surface area contributed by atoms with Crippen molar-refractivity contribution < 1.29 is 14.4 Å². The molecule has 110 valence electrons. The number of hydrogen-bond acceptors (Lipinski definition) is 6. The Hall–Kier alpha value is -1.73. The largest absolute Gasteiger partial charge is 0.377 e. The van der Waals surface area contributed by atoms with Crippen LogP contribution in [0.3, 0.4) is 0 Å². The number of hydrogen-bond donors (Lipinski definition) is 1. The summed E-state index contributed by atoms with van der Waals surface area (Å²) in [7, 11) is 0. The molecule has 20 heavy (non-hydrogen) atoms. The molecule has 1 fully saturated rings. The fourth-order valence-corrected chi connectivity index (χ4v) is 2.08. The molecule has 1 aromatic heterocycles. The molecule has 1 N–H and O–H groups in total. The van der Waals surface area contributed by atoms with Crippen LogP contribution < -0.4 is 5.32 Å². The van der Waals surface area contributed by atoms with Gasteiger partial charge in [0.1, 0.15) is 12.0 Å². The Morgan fingerprint density at radius 2 is 2.50 bits per heavy atom. The van der Waals surface area contributed by atoms with Crippen molar-refractivity contribution in [2.24, 2.45) is 0 Å². The summed E-state index contributed by atoms with van der Waals surface area (Å²) in [5.74, 6) is 0.649. The molecule has 0 aromatic carbocycles. The number of aromatic nitrogens is 1. The minimum Gasteiger partial charge on any atom is -0.377 e. The maximum Gasteiger partial charge on any atom is 0.287 e. The fourth-order valence-electron chi connectivity index (χ4n) is 2.08. The number of nitrogens with one attached hydrogen (secondary N) is 1. The molecule has 0 spiro atoms. The van der Waals surface area contributed by atoms with E-state index < -0.39 is 4.92 Å². The molecule has 1 aliphatic heterocycles. The van der Waals surface area contributed by atoms with Crippen LogP contribution in [0.5, 0.6) is 0 Å². The molecule has 2 heterocycles. The fraction of sp³-hybridized carbons (Fsp3) is 0.615. The van der Waals surface area contributed by atoms with Crippen molar-refractivity contribution >= 4 is 11.5 Å². The lowest BCUT2D eigenvalue weighted by Gasteiger charge is -2.11. The quantitative estimate of drug-likeness (QED) is 0.466. The van der Waals surface area contributed by atoms with Crippen molar-refractivity contribution in [1.82, 2.24) is 4.98 Å². The lowest BCUT2D eigenvalue weighted by molar-refractivity contribution is -0.385. The van der Waals surface area contributed by atoms with E-state index in [-0.39, 0.29) is 11.8 Å². The first-order valence-corrected chi connectivity index (χ1v) is 6.71. The second-order valence-electron chi connectivity index (χ2n) is 4.75. The summed E-state index contributed by atoms with van der Waals surface area (Å²) in [6.07, 6.45) is 3.66. The smallest absolute Gasteiger partial charge is 0.287 e. The number of ether oxygens (including phenoxy) is 2. The summed E-state index contributed by atoms with van der Waals surface area (Å²) < 4.78 is 11.0. The maximum absolute atomic E-state index is 10.6. The highest BCUT2D eigenvalue weighted by Crippen LogP contribution is 2.17. The van der Waals surface area contributed by atoms with Gasteiger partial charge in [-0.25, -0.2) is 4.98 Å². The van der Waals surface area contributed by atoms with E-state index in [1.54, 1.807) is 6.92 Å². The summed E-state index contributed by atoms with van der Waals surface area (Å²) >= 11 is 0. The Morgan fingerprint density at radius 3 is 3.15 bits per heavy atom. The minimum atomic E-state index is -0.450. The second kappa shape index (κ2) is 7.16. The molecule has 0 aliphatic carbocycles. The molecule has 7 nitrogen and oxygen atoms in total. The lowest BCUT2D eigenvalue weighted by atomic mass is 10.2. The van der Waals surface area contributed by atoms with Crippen molar-refractivity contribution in [2.45, 2.75) is 25.9 Å². The van der Waals surface area contributed by atoms with E-state index in [9.17, 15) is 10.1 Å². The van der Waals surface area contributed by atoms with Crippen molar-refractivity contribution in [3.63, 3.8) is 0 Å². The first kappa shape index (κ1) is 14.7. The molecule has 2 rings (SSSR count). The number of nitro groups is 1. The van der Waals surface area contributed by atoms with Gasteiger partial charge in [0, 0.05) is 19.2 Å². The molecule has 1 aliphatic rings. The topological polar surface area (TPSA) is 86.5 Å². The minimum absolute atomic E-state index is 0.00248. The maximum atomic E-state index is 10.6. The Labute approximate surface area is 117 Å². The van der Waals surface area contributed by atoms with Crippen molar-refractivity contribution in [1.29, 1.82) is 0 Å². The molecular formula is C13H19N3O4. The van der Waals surface area contributed by atoms with Crippen molar-refractivity contribution in [3.8, 4) is 0 Å². The van der Waals surface area contributed by atoms with Crippen LogP contribution in [0.2, 0.25) is 0 Å². The highest BCUT2D eigenvalue weighted by molar-refractivity contribution is 5.48. The van der Waals surface area contributed by atoms with Crippen LogP contribution in [0, 0.1) is 17.0 Å². The van der Waals surface area contributed by atoms with E-state index >= 15 is 0 Å². The molecule has 0 amide bonds. The van der Waals surface area contributed by atoms with Gasteiger partial charge in [-0.15, -0.1) is 0 Å². The van der Waals surface area contributed by atoms with Crippen LogP contribution in [0.25, 0.3) is 0 Å². The van der Waals surface area contributed by atoms with Gasteiger partial charge in [-0.3, -0.25) is 10.1 Å². The molecule has 1 saturated heterocycles. The number of nitrogens with zero attached hydrogens (tertiary/aromatic N) is 2. The molecule has 1 unspecified atom stereocenters. The first-order chi connectivity index (χ1) is 9.66. The van der Waals surface area contributed by atoms with Crippen LogP contribution in [0.1, 0.15) is 18.4 Å². The van der Waals surface area contributed by atoms with Gasteiger partial charge in [-0.1, -0.05) is 0 Å². The number of anilines is 1. The zero-order chi connectivity index (χ0) is 14.4. The van der Waals surface area contributed by atoms with E-state index in [1.807, 2.05) is 0 Å². The summed E-state index contributed by atoms with van der Waals surface area (Å²) in [4.78, 5) is 14.2. The third-order valence-electron chi connectivity index (χ3n) is 3.14. The molecule has 1 aromatic rings. The van der Waals surface area contributed by atoms with Crippen molar-refractivity contribution in [2.75, 3.05) is 31.7 Å². The predicted octanol–water partition coefficient (Wildman–Crippen LogP) is 1.91. The molecule has 7 heteroatoms. The van der Waals surface area contributed by atoms with Gasteiger partial charge in [0.2, 0.25) is 0 Å². The summed E-state index contributed by atoms with van der Waals surface area (Å²) in [6.45, 7) is 4.40. The molecule has 0 radical (unpaired) electrons. The Bertz CT molecular complexity index is 461. The molecule has 0 bridgehead atoms. The van der Waals surface area contributed by atoms with E-state index in [0.717, 1.165) is 25.0 Å². The Kier molecular flexibility index (Phi) is 5.25. The van der Waals surface area contributed by atoms with Gasteiger partial charge < -0.3 is 14.8 Å². The van der Waals surface area contributed by atoms with Crippen LogP contribution in [0.15, 0.2) is 12.3 Å². The summed E-state index contributed by atoms with van der Waals surface area (Å²) in [5.41, 5.74) is 0.751. The standard InChI is InChI=1S/C13H19N3O4/c1-10-7-11(16(17)18)8-15-13(10)14-4-6-19-9-12-3-2-5-20-12/h7-8,12H,2-6,9H2,1H3,(H,14,15). The third kappa shape index (κ3) is 4.14. The van der Waals surface area contributed by atoms with Gasteiger partial charge >= 0.3 is 0 Å². The van der Waals surface area contributed by atoms with Gasteiger partial charge in [0.05, 0.1) is 24.2 Å². The van der Waals surface area contributed by atoms with Crippen LogP contribution in [-0.4, -0.2) is 42.4 Å².